The van der Waals surface area contributed by atoms with Gasteiger partial charge in [0.05, 0.1) is 5.56 Å². The molecule has 0 aliphatic heterocycles. The lowest BCUT2D eigenvalue weighted by Gasteiger charge is -2.18. The zero-order chi connectivity index (χ0) is 15.9. The molecule has 0 spiro atoms. The largest absolute Gasteiger partial charge is 0.339 e. The smallest absolute Gasteiger partial charge is 0.255 e. The lowest BCUT2D eigenvalue weighted by Crippen LogP contribution is -2.30. The number of nitrogens with zero attached hydrogens (tertiary/aromatic N) is 2. The molecule has 0 bridgehead atoms. The van der Waals surface area contributed by atoms with Gasteiger partial charge in [0.1, 0.15) is 0 Å². The van der Waals surface area contributed by atoms with E-state index in [1.807, 2.05) is 56.3 Å². The number of nitrogens with two attached hydrogens (primary N) is 1. The second-order valence-corrected chi connectivity index (χ2v) is 5.24. The normalized spacial score (nSPS) is 12.0. The molecule has 4 nitrogen and oxygen atoms in total. The molecule has 1 unspecified atom stereocenters. The van der Waals surface area contributed by atoms with Crippen LogP contribution < -0.4 is 5.73 Å². The van der Waals surface area contributed by atoms with Gasteiger partial charge in [0.15, 0.2) is 0 Å². The molecule has 0 saturated heterocycles. The Bertz CT molecular complexity index is 591. The molecule has 0 aliphatic rings. The van der Waals surface area contributed by atoms with Crippen LogP contribution in [0.4, 0.5) is 0 Å². The summed E-state index contributed by atoms with van der Waals surface area (Å²) in [5, 5.41) is 0. The van der Waals surface area contributed by atoms with Crippen LogP contribution in [0.15, 0.2) is 48.7 Å². The molecule has 2 N–H and O–H groups in total. The Labute approximate surface area is 132 Å². The highest BCUT2D eigenvalue weighted by Crippen LogP contribution is 2.15. The second kappa shape index (κ2) is 7.71. The molecular formula is C18H23N3O. The number of hydrogen-bond acceptors (Lipinski definition) is 3. The number of carbonyl (C=O) groups excluding carboxylic acids is 1. The van der Waals surface area contributed by atoms with Crippen molar-refractivity contribution in [1.82, 2.24) is 9.88 Å². The van der Waals surface area contributed by atoms with E-state index in [-0.39, 0.29) is 11.9 Å². The molecule has 1 atom stereocenters. The second-order valence-electron chi connectivity index (χ2n) is 5.24. The van der Waals surface area contributed by atoms with E-state index in [0.29, 0.717) is 25.1 Å². The Kier molecular flexibility index (Phi) is 5.67. The third-order valence-corrected chi connectivity index (χ3v) is 3.78. The zero-order valence-electron chi connectivity index (χ0n) is 13.2. The Hall–Kier alpha value is -2.20. The highest BCUT2D eigenvalue weighted by molar-refractivity contribution is 5.93. The number of hydrogen-bond donors (Lipinski definition) is 1. The average molecular weight is 297 g/mol. The SMILES string of the molecule is CCN(CC)C(=O)c1ccc(CC(N)c2ccccc2)nc1. The summed E-state index contributed by atoms with van der Waals surface area (Å²) in [5.74, 6) is 0.0245. The Morgan fingerprint density at radius 1 is 1.14 bits per heavy atom. The fraction of sp³-hybridized carbons (Fsp3) is 0.333. The first-order valence-electron chi connectivity index (χ1n) is 7.70. The number of rotatable bonds is 6. The van der Waals surface area contributed by atoms with Gasteiger partial charge in [-0.15, -0.1) is 0 Å². The van der Waals surface area contributed by atoms with Crippen molar-refractivity contribution in [3.63, 3.8) is 0 Å². The van der Waals surface area contributed by atoms with Gasteiger partial charge in [-0.1, -0.05) is 30.3 Å². The van der Waals surface area contributed by atoms with Gasteiger partial charge in [-0.25, -0.2) is 0 Å². The lowest BCUT2D eigenvalue weighted by molar-refractivity contribution is 0.0772. The predicted octanol–water partition coefficient (Wildman–Crippen LogP) is 2.81. The van der Waals surface area contributed by atoms with Crippen LogP contribution >= 0.6 is 0 Å². The van der Waals surface area contributed by atoms with Crippen LogP contribution in [0, 0.1) is 0 Å². The van der Waals surface area contributed by atoms with Crippen LogP contribution in [0.5, 0.6) is 0 Å². The maximum atomic E-state index is 12.2. The van der Waals surface area contributed by atoms with Crippen LogP contribution in [0.2, 0.25) is 0 Å². The van der Waals surface area contributed by atoms with Crippen molar-refractivity contribution in [3.8, 4) is 0 Å². The summed E-state index contributed by atoms with van der Waals surface area (Å²) in [6, 6.07) is 13.6. The minimum atomic E-state index is -0.0852. The first-order chi connectivity index (χ1) is 10.7. The summed E-state index contributed by atoms with van der Waals surface area (Å²) in [7, 11) is 0. The lowest BCUT2D eigenvalue weighted by atomic mass is 10.0. The number of carbonyl (C=O) groups is 1. The quantitative estimate of drug-likeness (QED) is 0.892. The standard InChI is InChI=1S/C18H23N3O/c1-3-21(4-2)18(22)15-10-11-16(20-13-15)12-17(19)14-8-6-5-7-9-14/h5-11,13,17H,3-4,12,19H2,1-2H3. The maximum Gasteiger partial charge on any atom is 0.255 e. The number of benzene rings is 1. The molecule has 2 rings (SSSR count). The molecule has 0 radical (unpaired) electrons. The van der Waals surface area contributed by atoms with E-state index in [1.54, 1.807) is 11.1 Å². The molecule has 1 aromatic carbocycles. The van der Waals surface area contributed by atoms with Crippen LogP contribution in [0.25, 0.3) is 0 Å². The van der Waals surface area contributed by atoms with Gasteiger partial charge < -0.3 is 10.6 Å². The van der Waals surface area contributed by atoms with Gasteiger partial charge in [0, 0.05) is 37.4 Å². The van der Waals surface area contributed by atoms with E-state index in [0.717, 1.165) is 11.3 Å². The van der Waals surface area contributed by atoms with E-state index >= 15 is 0 Å². The molecular weight excluding hydrogens is 274 g/mol. The maximum absolute atomic E-state index is 12.2. The van der Waals surface area contributed by atoms with E-state index in [4.69, 9.17) is 5.73 Å². The molecule has 1 aromatic heterocycles. The molecule has 4 heteroatoms. The van der Waals surface area contributed by atoms with Gasteiger partial charge in [-0.2, -0.15) is 0 Å². The van der Waals surface area contributed by atoms with Gasteiger partial charge in [0.2, 0.25) is 0 Å². The van der Waals surface area contributed by atoms with Crippen molar-refractivity contribution in [2.75, 3.05) is 13.1 Å². The van der Waals surface area contributed by atoms with Crippen molar-refractivity contribution in [3.05, 3.63) is 65.5 Å². The van der Waals surface area contributed by atoms with Crippen molar-refractivity contribution >= 4 is 5.91 Å². The van der Waals surface area contributed by atoms with Crippen LogP contribution in [-0.2, 0) is 6.42 Å². The van der Waals surface area contributed by atoms with Crippen LogP contribution in [0.3, 0.4) is 0 Å². The molecule has 116 valence electrons. The molecule has 0 aliphatic carbocycles. The average Bonchev–Trinajstić information content (AvgIpc) is 2.57. The number of aromatic nitrogens is 1. The minimum absolute atomic E-state index is 0.0245. The highest BCUT2D eigenvalue weighted by Gasteiger charge is 2.13. The highest BCUT2D eigenvalue weighted by atomic mass is 16.2. The third kappa shape index (κ3) is 3.92. The summed E-state index contributed by atoms with van der Waals surface area (Å²) in [6.45, 7) is 5.36. The number of pyridine rings is 1. The monoisotopic (exact) mass is 297 g/mol. The molecule has 0 fully saturated rings. The summed E-state index contributed by atoms with van der Waals surface area (Å²) >= 11 is 0. The van der Waals surface area contributed by atoms with E-state index in [1.165, 1.54) is 0 Å². The van der Waals surface area contributed by atoms with Crippen molar-refractivity contribution < 1.29 is 4.79 Å². The van der Waals surface area contributed by atoms with E-state index in [9.17, 15) is 4.79 Å². The molecule has 22 heavy (non-hydrogen) atoms. The molecule has 1 amide bonds. The Morgan fingerprint density at radius 3 is 2.36 bits per heavy atom. The van der Waals surface area contributed by atoms with Gasteiger partial charge in [-0.05, 0) is 31.5 Å². The van der Waals surface area contributed by atoms with Crippen molar-refractivity contribution in [2.24, 2.45) is 5.73 Å². The molecule has 2 aromatic rings. The Morgan fingerprint density at radius 2 is 1.82 bits per heavy atom. The molecule has 1 heterocycles. The summed E-state index contributed by atoms with van der Waals surface area (Å²) in [6.07, 6.45) is 2.30. The van der Waals surface area contributed by atoms with Gasteiger partial charge in [0.25, 0.3) is 5.91 Å². The predicted molar refractivity (Wildman–Crippen MR) is 88.6 cm³/mol. The minimum Gasteiger partial charge on any atom is -0.339 e. The first-order valence-corrected chi connectivity index (χ1v) is 7.70. The molecule has 0 saturated carbocycles. The van der Waals surface area contributed by atoms with Crippen LogP contribution in [0.1, 0.15) is 41.5 Å². The van der Waals surface area contributed by atoms with Crippen molar-refractivity contribution in [1.29, 1.82) is 0 Å². The summed E-state index contributed by atoms with van der Waals surface area (Å²) < 4.78 is 0. The Balaban J connectivity index is 2.04. The van der Waals surface area contributed by atoms with E-state index < -0.39 is 0 Å². The zero-order valence-corrected chi connectivity index (χ0v) is 13.2. The summed E-state index contributed by atoms with van der Waals surface area (Å²) in [4.78, 5) is 18.4. The van der Waals surface area contributed by atoms with E-state index in [2.05, 4.69) is 4.98 Å². The fourth-order valence-corrected chi connectivity index (χ4v) is 2.41. The topological polar surface area (TPSA) is 59.2 Å². The third-order valence-electron chi connectivity index (χ3n) is 3.78. The van der Waals surface area contributed by atoms with Gasteiger partial charge in [-0.3, -0.25) is 9.78 Å². The van der Waals surface area contributed by atoms with Crippen LogP contribution in [-0.4, -0.2) is 28.9 Å². The fourth-order valence-electron chi connectivity index (χ4n) is 2.41. The number of amides is 1. The van der Waals surface area contributed by atoms with Gasteiger partial charge >= 0.3 is 0 Å². The van der Waals surface area contributed by atoms with Crippen molar-refractivity contribution in [2.45, 2.75) is 26.3 Å². The summed E-state index contributed by atoms with van der Waals surface area (Å²) in [5.41, 5.74) is 8.81. The first kappa shape index (κ1) is 16.2.